The molecule has 1 fully saturated rings. The minimum atomic E-state index is -0.220. The summed E-state index contributed by atoms with van der Waals surface area (Å²) >= 11 is 6.03. The normalized spacial score (nSPS) is 15.9. The predicted molar refractivity (Wildman–Crippen MR) is 84.5 cm³/mol. The van der Waals surface area contributed by atoms with Crippen molar-refractivity contribution >= 4 is 17.5 Å². The van der Waals surface area contributed by atoms with Crippen LogP contribution in [0.4, 0.5) is 0 Å². The van der Waals surface area contributed by atoms with E-state index in [1.165, 1.54) is 11.0 Å². The summed E-state index contributed by atoms with van der Waals surface area (Å²) in [5, 5.41) is 23.6. The van der Waals surface area contributed by atoms with Crippen molar-refractivity contribution in [3.05, 3.63) is 35.1 Å². The van der Waals surface area contributed by atoms with Crippen molar-refractivity contribution < 1.29 is 9.90 Å². The van der Waals surface area contributed by atoms with E-state index in [2.05, 4.69) is 20.8 Å². The average molecular weight is 336 g/mol. The van der Waals surface area contributed by atoms with Crippen molar-refractivity contribution in [3.8, 4) is 5.69 Å². The van der Waals surface area contributed by atoms with E-state index in [1.807, 2.05) is 0 Å². The van der Waals surface area contributed by atoms with Gasteiger partial charge in [-0.25, -0.2) is 0 Å². The van der Waals surface area contributed by atoms with E-state index >= 15 is 0 Å². The van der Waals surface area contributed by atoms with Gasteiger partial charge in [-0.1, -0.05) is 18.0 Å². The molecular weight excluding hydrogens is 318 g/mol. The predicted octanol–water partition coefficient (Wildman–Crippen LogP) is 1.60. The molecule has 1 saturated carbocycles. The average Bonchev–Trinajstić information content (AvgIpc) is 3.03. The highest BCUT2D eigenvalue weighted by Gasteiger charge is 2.36. The molecule has 1 aliphatic carbocycles. The minimum absolute atomic E-state index is 0.0258. The molecule has 1 amide bonds. The zero-order valence-electron chi connectivity index (χ0n) is 12.6. The maximum atomic E-state index is 12.6. The van der Waals surface area contributed by atoms with Gasteiger partial charge in [-0.05, 0) is 53.3 Å². The fourth-order valence-corrected chi connectivity index (χ4v) is 3.13. The fraction of sp³-hybridized carbons (Fsp3) is 0.467. The summed E-state index contributed by atoms with van der Waals surface area (Å²) in [7, 11) is 0. The Labute approximate surface area is 138 Å². The molecule has 1 aromatic carbocycles. The van der Waals surface area contributed by atoms with Crippen molar-refractivity contribution in [2.24, 2.45) is 5.41 Å². The summed E-state index contributed by atoms with van der Waals surface area (Å²) in [5.41, 5.74) is 1.02. The van der Waals surface area contributed by atoms with Gasteiger partial charge in [0.05, 0.1) is 11.3 Å². The zero-order valence-corrected chi connectivity index (χ0v) is 13.3. The second kappa shape index (κ2) is 6.64. The van der Waals surface area contributed by atoms with Gasteiger partial charge in [0.1, 0.15) is 6.33 Å². The third-order valence-corrected chi connectivity index (χ3v) is 4.71. The van der Waals surface area contributed by atoms with Crippen LogP contribution in [0, 0.1) is 5.41 Å². The molecule has 0 unspecified atom stereocenters. The van der Waals surface area contributed by atoms with Crippen LogP contribution in [0.5, 0.6) is 0 Å². The summed E-state index contributed by atoms with van der Waals surface area (Å²) in [6.45, 7) is 0.691. The largest absolute Gasteiger partial charge is 0.396 e. The van der Waals surface area contributed by atoms with Crippen LogP contribution in [0.2, 0.25) is 5.02 Å². The summed E-state index contributed by atoms with van der Waals surface area (Å²) in [6.07, 6.45) is 5.34. The molecule has 0 radical (unpaired) electrons. The number of hydrogen-bond donors (Lipinski definition) is 2. The number of carbonyl (C=O) groups is 1. The van der Waals surface area contributed by atoms with Crippen LogP contribution < -0.4 is 5.32 Å². The number of tetrazole rings is 1. The third kappa shape index (κ3) is 3.35. The lowest BCUT2D eigenvalue weighted by Gasteiger charge is -2.41. The molecule has 2 N–H and O–H groups in total. The van der Waals surface area contributed by atoms with Crippen LogP contribution in [-0.2, 0) is 0 Å². The Hall–Kier alpha value is -1.99. The highest BCUT2D eigenvalue weighted by molar-refractivity contribution is 6.31. The Morgan fingerprint density at radius 2 is 2.26 bits per heavy atom. The van der Waals surface area contributed by atoms with E-state index in [1.54, 1.807) is 18.2 Å². The molecule has 3 rings (SSSR count). The second-order valence-corrected chi connectivity index (χ2v) is 6.36. The number of benzene rings is 1. The Kier molecular flexibility index (Phi) is 4.58. The number of aromatic nitrogens is 4. The standard InChI is InChI=1S/C15H18ClN5O2/c16-11-2-3-13(21-10-18-19-20-21)12(8-11)14(23)17-9-15(6-7-22)4-1-5-15/h2-3,8,10,22H,1,4-7,9H2,(H,17,23). The van der Waals surface area contributed by atoms with Crippen LogP contribution in [0.3, 0.4) is 0 Å². The Morgan fingerprint density at radius 3 is 2.87 bits per heavy atom. The maximum Gasteiger partial charge on any atom is 0.253 e. The van der Waals surface area contributed by atoms with E-state index in [-0.39, 0.29) is 17.9 Å². The van der Waals surface area contributed by atoms with Crippen molar-refractivity contribution in [2.75, 3.05) is 13.2 Å². The van der Waals surface area contributed by atoms with Gasteiger partial charge in [0.2, 0.25) is 0 Å². The Morgan fingerprint density at radius 1 is 1.43 bits per heavy atom. The van der Waals surface area contributed by atoms with E-state index in [0.29, 0.717) is 29.2 Å². The molecular formula is C15H18ClN5O2. The number of aliphatic hydroxyl groups excluding tert-OH is 1. The quantitative estimate of drug-likeness (QED) is 0.836. The lowest BCUT2D eigenvalue weighted by atomic mass is 9.67. The van der Waals surface area contributed by atoms with Gasteiger partial charge in [0, 0.05) is 18.2 Å². The third-order valence-electron chi connectivity index (χ3n) is 4.48. The van der Waals surface area contributed by atoms with Crippen LogP contribution >= 0.6 is 11.6 Å². The van der Waals surface area contributed by atoms with Gasteiger partial charge in [-0.2, -0.15) is 4.68 Å². The molecule has 0 spiro atoms. The second-order valence-electron chi connectivity index (χ2n) is 5.93. The number of aliphatic hydroxyl groups is 1. The molecule has 8 heteroatoms. The maximum absolute atomic E-state index is 12.6. The summed E-state index contributed by atoms with van der Waals surface area (Å²) in [6, 6.07) is 5.00. The first-order chi connectivity index (χ1) is 11.1. The molecule has 1 heterocycles. The van der Waals surface area contributed by atoms with Crippen molar-refractivity contribution in [2.45, 2.75) is 25.7 Å². The van der Waals surface area contributed by atoms with E-state index in [4.69, 9.17) is 11.6 Å². The number of amides is 1. The van der Waals surface area contributed by atoms with Gasteiger partial charge >= 0.3 is 0 Å². The molecule has 2 aromatic rings. The van der Waals surface area contributed by atoms with Crippen LogP contribution in [-0.4, -0.2) is 44.4 Å². The zero-order chi connectivity index (χ0) is 16.3. The molecule has 1 aliphatic rings. The van der Waals surface area contributed by atoms with Gasteiger partial charge in [-0.15, -0.1) is 5.10 Å². The van der Waals surface area contributed by atoms with Gasteiger partial charge in [0.25, 0.3) is 5.91 Å². The number of nitrogens with one attached hydrogen (secondary N) is 1. The van der Waals surface area contributed by atoms with Crippen LogP contribution in [0.1, 0.15) is 36.0 Å². The molecule has 0 saturated heterocycles. The molecule has 7 nitrogen and oxygen atoms in total. The SMILES string of the molecule is O=C(NCC1(CCO)CCC1)c1cc(Cl)ccc1-n1cnnn1. The van der Waals surface area contributed by atoms with Crippen LogP contribution in [0.15, 0.2) is 24.5 Å². The van der Waals surface area contributed by atoms with Crippen molar-refractivity contribution in [3.63, 3.8) is 0 Å². The number of rotatable bonds is 6. The Balaban J connectivity index is 1.78. The lowest BCUT2D eigenvalue weighted by Crippen LogP contribution is -2.43. The van der Waals surface area contributed by atoms with Crippen molar-refractivity contribution in [1.82, 2.24) is 25.5 Å². The molecule has 0 bridgehead atoms. The first-order valence-corrected chi connectivity index (χ1v) is 7.93. The summed E-state index contributed by atoms with van der Waals surface area (Å²) in [4.78, 5) is 12.6. The lowest BCUT2D eigenvalue weighted by molar-refractivity contribution is 0.0732. The fourth-order valence-electron chi connectivity index (χ4n) is 2.95. The van der Waals surface area contributed by atoms with E-state index in [0.717, 1.165) is 19.3 Å². The number of nitrogens with zero attached hydrogens (tertiary/aromatic N) is 4. The van der Waals surface area contributed by atoms with Gasteiger partial charge in [0.15, 0.2) is 0 Å². The van der Waals surface area contributed by atoms with Crippen molar-refractivity contribution in [1.29, 1.82) is 0 Å². The summed E-state index contributed by atoms with van der Waals surface area (Å²) < 4.78 is 1.43. The molecule has 1 aromatic heterocycles. The first-order valence-electron chi connectivity index (χ1n) is 7.56. The number of hydrogen-bond acceptors (Lipinski definition) is 5. The van der Waals surface area contributed by atoms with E-state index in [9.17, 15) is 9.90 Å². The monoisotopic (exact) mass is 335 g/mol. The molecule has 0 atom stereocenters. The first kappa shape index (κ1) is 15.9. The molecule has 23 heavy (non-hydrogen) atoms. The number of carbonyl (C=O) groups excluding carboxylic acids is 1. The smallest absolute Gasteiger partial charge is 0.253 e. The minimum Gasteiger partial charge on any atom is -0.396 e. The molecule has 122 valence electrons. The van der Waals surface area contributed by atoms with Gasteiger partial charge in [-0.3, -0.25) is 4.79 Å². The topological polar surface area (TPSA) is 92.9 Å². The highest BCUT2D eigenvalue weighted by atomic mass is 35.5. The van der Waals surface area contributed by atoms with Gasteiger partial charge < -0.3 is 10.4 Å². The van der Waals surface area contributed by atoms with Crippen LogP contribution in [0.25, 0.3) is 5.69 Å². The summed E-state index contributed by atoms with van der Waals surface area (Å²) in [5.74, 6) is -0.220. The molecule has 0 aliphatic heterocycles. The van der Waals surface area contributed by atoms with E-state index < -0.39 is 0 Å². The Bertz CT molecular complexity index is 685. The highest BCUT2D eigenvalue weighted by Crippen LogP contribution is 2.43. The number of halogens is 1.